The molecule has 0 spiro atoms. The fourth-order valence-corrected chi connectivity index (χ4v) is 3.46. The van der Waals surface area contributed by atoms with Crippen molar-refractivity contribution >= 4 is 22.4 Å². The summed E-state index contributed by atoms with van der Waals surface area (Å²) in [6.45, 7) is 5.04. The van der Waals surface area contributed by atoms with E-state index < -0.39 is 5.82 Å². The maximum Gasteiger partial charge on any atom is 0.264 e. The third kappa shape index (κ3) is 5.24. The SMILES string of the molecule is CC1CCN(Cc2csc(NC(=O)COc3ccccc3F)n2)CC1. The van der Waals surface area contributed by atoms with Crippen molar-refractivity contribution in [1.82, 2.24) is 9.88 Å². The molecule has 7 heteroatoms. The number of para-hydroxylation sites is 1. The van der Waals surface area contributed by atoms with Gasteiger partial charge < -0.3 is 4.74 Å². The number of carbonyl (C=O) groups is 1. The number of ether oxygens (including phenoxy) is 1. The van der Waals surface area contributed by atoms with E-state index in [1.807, 2.05) is 5.38 Å². The van der Waals surface area contributed by atoms with E-state index >= 15 is 0 Å². The number of nitrogens with zero attached hydrogens (tertiary/aromatic N) is 2. The quantitative estimate of drug-likeness (QED) is 0.853. The molecule has 1 N–H and O–H groups in total. The number of halogens is 1. The highest BCUT2D eigenvalue weighted by Gasteiger charge is 2.17. The van der Waals surface area contributed by atoms with E-state index in [-0.39, 0.29) is 18.3 Å². The zero-order valence-corrected chi connectivity index (χ0v) is 15.0. The van der Waals surface area contributed by atoms with Gasteiger partial charge in [-0.3, -0.25) is 15.0 Å². The van der Waals surface area contributed by atoms with Gasteiger partial charge in [0.15, 0.2) is 23.3 Å². The maximum atomic E-state index is 13.4. The molecule has 0 aliphatic carbocycles. The Morgan fingerprint density at radius 2 is 2.16 bits per heavy atom. The van der Waals surface area contributed by atoms with Crippen molar-refractivity contribution in [3.8, 4) is 5.75 Å². The molecular formula is C18H22FN3O2S. The van der Waals surface area contributed by atoms with Crippen molar-refractivity contribution in [3.63, 3.8) is 0 Å². The van der Waals surface area contributed by atoms with Crippen LogP contribution in [0.5, 0.6) is 5.75 Å². The molecule has 0 atom stereocenters. The summed E-state index contributed by atoms with van der Waals surface area (Å²) in [6.07, 6.45) is 2.45. The molecule has 5 nitrogen and oxygen atoms in total. The van der Waals surface area contributed by atoms with Crippen LogP contribution < -0.4 is 10.1 Å². The normalized spacial score (nSPS) is 15.9. The Bertz CT molecular complexity index is 714. The second kappa shape index (κ2) is 8.40. The van der Waals surface area contributed by atoms with Gasteiger partial charge in [0.05, 0.1) is 5.69 Å². The molecule has 0 saturated carbocycles. The summed E-state index contributed by atoms with van der Waals surface area (Å²) in [5, 5.41) is 5.21. The molecule has 1 aliphatic heterocycles. The standard InChI is InChI=1S/C18H22FN3O2S/c1-13-6-8-22(9-7-13)10-14-12-25-18(20-14)21-17(23)11-24-16-5-3-2-4-15(16)19/h2-5,12-13H,6-11H2,1H3,(H,20,21,23). The first-order chi connectivity index (χ1) is 12.1. The fraction of sp³-hybridized carbons (Fsp3) is 0.444. The van der Waals surface area contributed by atoms with Gasteiger partial charge in [0.2, 0.25) is 0 Å². The van der Waals surface area contributed by atoms with Crippen molar-refractivity contribution in [2.75, 3.05) is 25.0 Å². The average Bonchev–Trinajstić information content (AvgIpc) is 3.03. The fourth-order valence-electron chi connectivity index (χ4n) is 2.75. The van der Waals surface area contributed by atoms with Crippen LogP contribution in [0.3, 0.4) is 0 Å². The molecule has 1 aliphatic rings. The van der Waals surface area contributed by atoms with Crippen LogP contribution in [0.1, 0.15) is 25.5 Å². The largest absolute Gasteiger partial charge is 0.481 e. The number of thiazole rings is 1. The number of piperidine rings is 1. The molecule has 0 unspecified atom stereocenters. The van der Waals surface area contributed by atoms with Crippen molar-refractivity contribution in [2.24, 2.45) is 5.92 Å². The Kier molecular flexibility index (Phi) is 5.99. The van der Waals surface area contributed by atoms with Crippen molar-refractivity contribution < 1.29 is 13.9 Å². The number of hydrogen-bond donors (Lipinski definition) is 1. The number of benzene rings is 1. The minimum Gasteiger partial charge on any atom is -0.481 e. The number of carbonyl (C=O) groups excluding carboxylic acids is 1. The predicted molar refractivity (Wildman–Crippen MR) is 96.3 cm³/mol. The van der Waals surface area contributed by atoms with E-state index in [2.05, 4.69) is 22.1 Å². The summed E-state index contributed by atoms with van der Waals surface area (Å²) in [7, 11) is 0. The first kappa shape index (κ1) is 17.8. The Balaban J connectivity index is 1.46. The van der Waals surface area contributed by atoms with Crippen LogP contribution in [0.25, 0.3) is 0 Å². The number of anilines is 1. The van der Waals surface area contributed by atoms with E-state index in [1.165, 1.54) is 36.3 Å². The van der Waals surface area contributed by atoms with Gasteiger partial charge in [0.1, 0.15) is 0 Å². The van der Waals surface area contributed by atoms with Crippen LogP contribution in [0.2, 0.25) is 0 Å². The highest BCUT2D eigenvalue weighted by atomic mass is 32.1. The molecule has 1 amide bonds. The Hall–Kier alpha value is -1.99. The van der Waals surface area contributed by atoms with E-state index in [4.69, 9.17) is 4.74 Å². The topological polar surface area (TPSA) is 54.5 Å². The number of aromatic nitrogens is 1. The molecule has 0 radical (unpaired) electrons. The molecule has 25 heavy (non-hydrogen) atoms. The molecule has 1 aromatic carbocycles. The molecule has 2 heterocycles. The Morgan fingerprint density at radius 3 is 2.92 bits per heavy atom. The number of nitrogens with one attached hydrogen (secondary N) is 1. The number of hydrogen-bond acceptors (Lipinski definition) is 5. The van der Waals surface area contributed by atoms with Crippen LogP contribution in [0.15, 0.2) is 29.6 Å². The zero-order valence-electron chi connectivity index (χ0n) is 14.2. The van der Waals surface area contributed by atoms with Gasteiger partial charge in [-0.2, -0.15) is 0 Å². The van der Waals surface area contributed by atoms with Gasteiger partial charge >= 0.3 is 0 Å². The van der Waals surface area contributed by atoms with Crippen LogP contribution >= 0.6 is 11.3 Å². The summed E-state index contributed by atoms with van der Waals surface area (Å²) in [5.74, 6) is 0.0337. The van der Waals surface area contributed by atoms with Gasteiger partial charge in [-0.25, -0.2) is 9.37 Å². The van der Waals surface area contributed by atoms with Gasteiger partial charge in [-0.1, -0.05) is 19.1 Å². The van der Waals surface area contributed by atoms with Crippen LogP contribution in [-0.4, -0.2) is 35.5 Å². The van der Waals surface area contributed by atoms with Crippen molar-refractivity contribution in [2.45, 2.75) is 26.3 Å². The van der Waals surface area contributed by atoms with Crippen LogP contribution in [0.4, 0.5) is 9.52 Å². The summed E-state index contributed by atoms with van der Waals surface area (Å²) in [4.78, 5) is 18.8. The molecule has 3 rings (SSSR count). The summed E-state index contributed by atoms with van der Waals surface area (Å²) < 4.78 is 18.6. The third-order valence-corrected chi connectivity index (χ3v) is 5.06. The molecular weight excluding hydrogens is 341 g/mol. The molecule has 0 bridgehead atoms. The van der Waals surface area contributed by atoms with Crippen LogP contribution in [0, 0.1) is 11.7 Å². The van der Waals surface area contributed by atoms with E-state index in [0.29, 0.717) is 5.13 Å². The van der Waals surface area contributed by atoms with Gasteiger partial charge in [0.25, 0.3) is 5.91 Å². The third-order valence-electron chi connectivity index (χ3n) is 4.26. The van der Waals surface area contributed by atoms with Gasteiger partial charge in [-0.15, -0.1) is 11.3 Å². The second-order valence-corrected chi connectivity index (χ2v) is 7.23. The Labute approximate surface area is 150 Å². The van der Waals surface area contributed by atoms with E-state index in [1.54, 1.807) is 12.1 Å². The monoisotopic (exact) mass is 363 g/mol. The van der Waals surface area contributed by atoms with Crippen LogP contribution in [-0.2, 0) is 11.3 Å². The lowest BCUT2D eigenvalue weighted by atomic mass is 9.99. The van der Waals surface area contributed by atoms with Gasteiger partial charge in [0, 0.05) is 11.9 Å². The lowest BCUT2D eigenvalue weighted by Crippen LogP contribution is -2.32. The summed E-state index contributed by atoms with van der Waals surface area (Å²) in [5.41, 5.74) is 0.963. The zero-order chi connectivity index (χ0) is 17.6. The summed E-state index contributed by atoms with van der Waals surface area (Å²) >= 11 is 1.39. The highest BCUT2D eigenvalue weighted by Crippen LogP contribution is 2.21. The molecule has 1 fully saturated rings. The predicted octanol–water partition coefficient (Wildman–Crippen LogP) is 3.53. The van der Waals surface area contributed by atoms with Gasteiger partial charge in [-0.05, 0) is 44.0 Å². The number of rotatable bonds is 6. The average molecular weight is 363 g/mol. The van der Waals surface area contributed by atoms with Crippen molar-refractivity contribution in [1.29, 1.82) is 0 Å². The lowest BCUT2D eigenvalue weighted by molar-refractivity contribution is -0.118. The minimum atomic E-state index is -0.484. The summed E-state index contributed by atoms with van der Waals surface area (Å²) in [6, 6.07) is 6.01. The lowest BCUT2D eigenvalue weighted by Gasteiger charge is -2.29. The first-order valence-corrected chi connectivity index (χ1v) is 9.32. The second-order valence-electron chi connectivity index (χ2n) is 6.37. The maximum absolute atomic E-state index is 13.4. The molecule has 134 valence electrons. The molecule has 2 aromatic rings. The number of amides is 1. The highest BCUT2D eigenvalue weighted by molar-refractivity contribution is 7.13. The van der Waals surface area contributed by atoms with E-state index in [0.717, 1.165) is 31.2 Å². The van der Waals surface area contributed by atoms with E-state index in [9.17, 15) is 9.18 Å². The first-order valence-electron chi connectivity index (χ1n) is 8.44. The Morgan fingerprint density at radius 1 is 1.40 bits per heavy atom. The smallest absolute Gasteiger partial charge is 0.264 e. The number of likely N-dealkylation sites (tertiary alicyclic amines) is 1. The van der Waals surface area contributed by atoms with Crippen molar-refractivity contribution in [3.05, 3.63) is 41.2 Å². The minimum absolute atomic E-state index is 0.0665. The molecule has 1 aromatic heterocycles. The molecule has 1 saturated heterocycles.